The first-order chi connectivity index (χ1) is 8.93. The van der Waals surface area contributed by atoms with E-state index in [1.165, 1.54) is 6.07 Å². The van der Waals surface area contributed by atoms with Crippen LogP contribution in [-0.2, 0) is 0 Å². The lowest BCUT2D eigenvalue weighted by molar-refractivity contribution is 0.430. The van der Waals surface area contributed by atoms with E-state index in [4.69, 9.17) is 10.4 Å². The molecule has 0 amide bonds. The molecule has 0 bridgehead atoms. The Morgan fingerprint density at radius 1 is 0.895 bits per heavy atom. The summed E-state index contributed by atoms with van der Waals surface area (Å²) in [5, 5.41) is 36.9. The molecule has 3 N–H and O–H groups in total. The van der Waals surface area contributed by atoms with Crippen LogP contribution in [0.1, 0.15) is 5.56 Å². The van der Waals surface area contributed by atoms with E-state index in [2.05, 4.69) is 0 Å². The Bertz CT molecular complexity index is 662. The molecule has 0 aliphatic rings. The van der Waals surface area contributed by atoms with Crippen molar-refractivity contribution in [1.82, 2.24) is 0 Å². The van der Waals surface area contributed by atoms with Gasteiger partial charge in [0.1, 0.15) is 40.5 Å². The summed E-state index contributed by atoms with van der Waals surface area (Å²) in [5.74, 6) is -3.69. The van der Waals surface area contributed by atoms with Crippen molar-refractivity contribution in [3.63, 3.8) is 0 Å². The molecule has 6 heteroatoms. The van der Waals surface area contributed by atoms with Crippen LogP contribution in [0.4, 0.5) is 8.78 Å². The minimum absolute atomic E-state index is 0.149. The fourth-order valence-electron chi connectivity index (χ4n) is 1.72. The van der Waals surface area contributed by atoms with Crippen molar-refractivity contribution in [1.29, 1.82) is 5.26 Å². The maximum absolute atomic E-state index is 13.5. The van der Waals surface area contributed by atoms with Gasteiger partial charge in [0.15, 0.2) is 0 Å². The third-order valence-corrected chi connectivity index (χ3v) is 2.52. The zero-order valence-corrected chi connectivity index (χ0v) is 9.35. The van der Waals surface area contributed by atoms with E-state index in [9.17, 15) is 19.0 Å². The van der Waals surface area contributed by atoms with Crippen LogP contribution in [0.3, 0.4) is 0 Å². The van der Waals surface area contributed by atoms with Crippen molar-refractivity contribution in [2.75, 3.05) is 0 Å². The average Bonchev–Trinajstić information content (AvgIpc) is 2.26. The minimum atomic E-state index is -1.11. The number of benzene rings is 2. The van der Waals surface area contributed by atoms with Gasteiger partial charge in [-0.25, -0.2) is 8.78 Å². The van der Waals surface area contributed by atoms with Gasteiger partial charge in [0.25, 0.3) is 0 Å². The van der Waals surface area contributed by atoms with E-state index in [1.54, 1.807) is 0 Å². The van der Waals surface area contributed by atoms with E-state index < -0.39 is 34.4 Å². The first-order valence-corrected chi connectivity index (χ1v) is 5.08. The van der Waals surface area contributed by atoms with Crippen LogP contribution in [0.25, 0.3) is 11.1 Å². The van der Waals surface area contributed by atoms with Gasteiger partial charge in [-0.3, -0.25) is 0 Å². The molecule has 19 heavy (non-hydrogen) atoms. The monoisotopic (exact) mass is 263 g/mol. The molecule has 0 aliphatic carbocycles. The highest BCUT2D eigenvalue weighted by atomic mass is 19.1. The third kappa shape index (κ3) is 2.13. The van der Waals surface area contributed by atoms with E-state index in [-0.39, 0.29) is 11.1 Å². The number of phenols is 3. The summed E-state index contributed by atoms with van der Waals surface area (Å²) < 4.78 is 26.9. The largest absolute Gasteiger partial charge is 0.508 e. The molecule has 0 saturated carbocycles. The molecular weight excluding hydrogens is 256 g/mol. The molecule has 0 radical (unpaired) electrons. The second-order valence-corrected chi connectivity index (χ2v) is 3.79. The van der Waals surface area contributed by atoms with Crippen molar-refractivity contribution in [3.8, 4) is 34.4 Å². The Morgan fingerprint density at radius 3 is 1.79 bits per heavy atom. The summed E-state index contributed by atoms with van der Waals surface area (Å²) in [4.78, 5) is 0. The standard InChI is InChI=1S/C13H7F2NO3/c14-9-1-6(2-10(15)8(9)5-16)13-11(18)3-7(17)4-12(13)19/h1-4,17-19H. The molecule has 96 valence electrons. The van der Waals surface area contributed by atoms with Crippen LogP contribution < -0.4 is 0 Å². The molecule has 0 atom stereocenters. The second kappa shape index (κ2) is 4.46. The zero-order valence-electron chi connectivity index (χ0n) is 9.35. The topological polar surface area (TPSA) is 84.5 Å². The first kappa shape index (κ1) is 12.6. The highest BCUT2D eigenvalue weighted by Crippen LogP contribution is 2.40. The molecule has 0 unspecified atom stereocenters. The number of nitriles is 1. The number of hydrogen-bond donors (Lipinski definition) is 3. The van der Waals surface area contributed by atoms with Gasteiger partial charge in [-0.05, 0) is 17.7 Å². The van der Waals surface area contributed by atoms with Gasteiger partial charge in [0.05, 0.1) is 5.56 Å². The van der Waals surface area contributed by atoms with Crippen molar-refractivity contribution in [2.45, 2.75) is 0 Å². The molecule has 2 aromatic carbocycles. The Hall–Kier alpha value is -2.81. The van der Waals surface area contributed by atoms with Crippen LogP contribution >= 0.6 is 0 Å². The van der Waals surface area contributed by atoms with E-state index >= 15 is 0 Å². The summed E-state index contributed by atoms with van der Waals surface area (Å²) in [5.41, 5.74) is -1.13. The summed E-state index contributed by atoms with van der Waals surface area (Å²) >= 11 is 0. The van der Waals surface area contributed by atoms with Crippen molar-refractivity contribution < 1.29 is 24.1 Å². The smallest absolute Gasteiger partial charge is 0.144 e. The van der Waals surface area contributed by atoms with E-state index in [0.717, 1.165) is 24.3 Å². The predicted molar refractivity (Wildman–Crippen MR) is 61.5 cm³/mol. The maximum atomic E-state index is 13.5. The maximum Gasteiger partial charge on any atom is 0.144 e. The summed E-state index contributed by atoms with van der Waals surface area (Å²) in [6.45, 7) is 0. The number of nitrogens with zero attached hydrogens (tertiary/aromatic N) is 1. The summed E-state index contributed by atoms with van der Waals surface area (Å²) in [7, 11) is 0. The SMILES string of the molecule is N#Cc1c(F)cc(-c2c(O)cc(O)cc2O)cc1F. The highest BCUT2D eigenvalue weighted by molar-refractivity contribution is 5.77. The van der Waals surface area contributed by atoms with Crippen LogP contribution in [-0.4, -0.2) is 15.3 Å². The molecular formula is C13H7F2NO3. The number of hydrogen-bond acceptors (Lipinski definition) is 4. The second-order valence-electron chi connectivity index (χ2n) is 3.79. The lowest BCUT2D eigenvalue weighted by Gasteiger charge is -2.09. The number of halogens is 2. The Kier molecular flexibility index (Phi) is 2.97. The average molecular weight is 263 g/mol. The molecule has 0 aliphatic heterocycles. The normalized spacial score (nSPS) is 10.2. The lowest BCUT2D eigenvalue weighted by Crippen LogP contribution is -1.92. The molecule has 0 spiro atoms. The minimum Gasteiger partial charge on any atom is -0.508 e. The van der Waals surface area contributed by atoms with Gasteiger partial charge >= 0.3 is 0 Å². The van der Waals surface area contributed by atoms with Crippen LogP contribution in [0.15, 0.2) is 24.3 Å². The van der Waals surface area contributed by atoms with Gasteiger partial charge in [0.2, 0.25) is 0 Å². The summed E-state index contributed by atoms with van der Waals surface area (Å²) in [6, 6.07) is 4.83. The molecule has 0 heterocycles. The summed E-state index contributed by atoms with van der Waals surface area (Å²) in [6.07, 6.45) is 0. The molecule has 4 nitrogen and oxygen atoms in total. The first-order valence-electron chi connectivity index (χ1n) is 5.08. The Morgan fingerprint density at radius 2 is 1.37 bits per heavy atom. The van der Waals surface area contributed by atoms with Crippen molar-refractivity contribution >= 4 is 0 Å². The number of aromatic hydroxyl groups is 3. The van der Waals surface area contributed by atoms with Gasteiger partial charge in [-0.1, -0.05) is 0 Å². The van der Waals surface area contributed by atoms with Gasteiger partial charge in [-0.15, -0.1) is 0 Å². The fraction of sp³-hybridized carbons (Fsp3) is 0. The predicted octanol–water partition coefficient (Wildman–Crippen LogP) is 2.62. The van der Waals surface area contributed by atoms with Crippen LogP contribution in [0.2, 0.25) is 0 Å². The molecule has 2 aromatic rings. The molecule has 2 rings (SSSR count). The Labute approximate surface area is 106 Å². The van der Waals surface area contributed by atoms with Gasteiger partial charge in [-0.2, -0.15) is 5.26 Å². The van der Waals surface area contributed by atoms with Crippen LogP contribution in [0.5, 0.6) is 17.2 Å². The highest BCUT2D eigenvalue weighted by Gasteiger charge is 2.17. The number of phenolic OH excluding ortho intramolecular Hbond substituents is 3. The van der Waals surface area contributed by atoms with Gasteiger partial charge < -0.3 is 15.3 Å². The molecule has 0 fully saturated rings. The molecule has 0 aromatic heterocycles. The molecule has 0 saturated heterocycles. The van der Waals surface area contributed by atoms with Crippen LogP contribution in [0, 0.1) is 23.0 Å². The Balaban J connectivity index is 2.71. The fourth-order valence-corrected chi connectivity index (χ4v) is 1.72. The van der Waals surface area contributed by atoms with E-state index in [0.29, 0.717) is 0 Å². The van der Waals surface area contributed by atoms with E-state index in [1.807, 2.05) is 0 Å². The number of rotatable bonds is 1. The van der Waals surface area contributed by atoms with Crippen molar-refractivity contribution in [2.24, 2.45) is 0 Å². The van der Waals surface area contributed by atoms with Crippen molar-refractivity contribution in [3.05, 3.63) is 41.5 Å². The van der Waals surface area contributed by atoms with Gasteiger partial charge in [0, 0.05) is 12.1 Å². The lowest BCUT2D eigenvalue weighted by atomic mass is 10.0. The quantitative estimate of drug-likeness (QED) is 0.738. The zero-order chi connectivity index (χ0) is 14.2. The third-order valence-electron chi connectivity index (χ3n) is 2.52.